The predicted octanol–water partition coefficient (Wildman–Crippen LogP) is 1.61. The van der Waals surface area contributed by atoms with Gasteiger partial charge in [-0.2, -0.15) is 0 Å². The number of nitrogens with two attached hydrogens (primary N) is 1. The smallest absolute Gasteiger partial charge is 0.221 e. The number of likely N-dealkylation sites (N-methyl/N-ethyl adjacent to an activating group) is 1. The van der Waals surface area contributed by atoms with Crippen molar-refractivity contribution in [2.75, 3.05) is 13.6 Å². The summed E-state index contributed by atoms with van der Waals surface area (Å²) in [4.78, 5) is 15.5. The van der Waals surface area contributed by atoms with Gasteiger partial charge in [0, 0.05) is 36.0 Å². The van der Waals surface area contributed by atoms with Crippen molar-refractivity contribution in [2.45, 2.75) is 50.7 Å². The van der Waals surface area contributed by atoms with E-state index in [0.29, 0.717) is 25.0 Å². The van der Waals surface area contributed by atoms with Crippen LogP contribution in [0.25, 0.3) is 0 Å². The Hall–Kier alpha value is -0.910. The fourth-order valence-electron chi connectivity index (χ4n) is 2.35. The maximum Gasteiger partial charge on any atom is 0.221 e. The van der Waals surface area contributed by atoms with E-state index < -0.39 is 0 Å². The van der Waals surface area contributed by atoms with E-state index in [-0.39, 0.29) is 11.9 Å². The lowest BCUT2D eigenvalue weighted by Gasteiger charge is -2.32. The van der Waals surface area contributed by atoms with Gasteiger partial charge in [-0.25, -0.2) is 0 Å². The number of amides is 1. The van der Waals surface area contributed by atoms with Gasteiger partial charge < -0.3 is 11.1 Å². The van der Waals surface area contributed by atoms with E-state index in [1.807, 2.05) is 0 Å². The fourth-order valence-corrected chi connectivity index (χ4v) is 3.17. The summed E-state index contributed by atoms with van der Waals surface area (Å²) in [5, 5.41) is 5.14. The number of hydrogen-bond donors (Lipinski definition) is 2. The molecule has 4 nitrogen and oxygen atoms in total. The van der Waals surface area contributed by atoms with Crippen LogP contribution in [0, 0.1) is 0 Å². The van der Waals surface area contributed by atoms with Gasteiger partial charge in [-0.15, -0.1) is 11.3 Å². The fraction of sp³-hybridized carbons (Fsp3) is 0.667. The summed E-state index contributed by atoms with van der Waals surface area (Å²) in [7, 11) is 2.07. The molecule has 5 heteroatoms. The first-order valence-electron chi connectivity index (χ1n) is 7.34. The Morgan fingerprint density at radius 1 is 1.60 bits per heavy atom. The third-order valence-electron chi connectivity index (χ3n) is 3.98. The summed E-state index contributed by atoms with van der Waals surface area (Å²) in [6, 6.07) is 5.16. The van der Waals surface area contributed by atoms with Gasteiger partial charge in [-0.05, 0) is 44.7 Å². The number of thiophene rings is 1. The van der Waals surface area contributed by atoms with Crippen LogP contribution in [-0.4, -0.2) is 42.5 Å². The van der Waals surface area contributed by atoms with E-state index >= 15 is 0 Å². The molecule has 3 N–H and O–H groups in total. The molecule has 1 fully saturated rings. The van der Waals surface area contributed by atoms with Crippen molar-refractivity contribution in [3.8, 4) is 0 Å². The number of nitrogens with one attached hydrogen (secondary N) is 1. The van der Waals surface area contributed by atoms with E-state index in [0.717, 1.165) is 19.3 Å². The van der Waals surface area contributed by atoms with Crippen LogP contribution in [0.5, 0.6) is 0 Å². The summed E-state index contributed by atoms with van der Waals surface area (Å²) >= 11 is 1.78. The summed E-state index contributed by atoms with van der Waals surface area (Å²) in [6.07, 6.45) is 3.76. The van der Waals surface area contributed by atoms with Crippen molar-refractivity contribution in [3.63, 3.8) is 0 Å². The molecule has 2 atom stereocenters. The normalized spacial score (nSPS) is 18.0. The molecule has 1 aromatic rings. The molecular formula is C15H25N3OS. The highest BCUT2D eigenvalue weighted by Gasteiger charge is 2.26. The van der Waals surface area contributed by atoms with E-state index in [1.54, 1.807) is 11.3 Å². The zero-order valence-electron chi connectivity index (χ0n) is 12.3. The molecule has 1 saturated carbocycles. The Kier molecular flexibility index (Phi) is 5.57. The first kappa shape index (κ1) is 15.5. The van der Waals surface area contributed by atoms with Crippen molar-refractivity contribution < 1.29 is 4.79 Å². The van der Waals surface area contributed by atoms with Crippen LogP contribution in [-0.2, 0) is 11.2 Å². The zero-order chi connectivity index (χ0) is 14.5. The van der Waals surface area contributed by atoms with Gasteiger partial charge >= 0.3 is 0 Å². The van der Waals surface area contributed by atoms with Crippen LogP contribution < -0.4 is 11.1 Å². The van der Waals surface area contributed by atoms with E-state index in [9.17, 15) is 4.79 Å². The summed E-state index contributed by atoms with van der Waals surface area (Å²) in [5.41, 5.74) is 5.86. The number of hydrogen-bond acceptors (Lipinski definition) is 4. The van der Waals surface area contributed by atoms with Crippen LogP contribution in [0.15, 0.2) is 17.5 Å². The zero-order valence-corrected chi connectivity index (χ0v) is 13.2. The maximum atomic E-state index is 11.9. The van der Waals surface area contributed by atoms with Gasteiger partial charge in [0.15, 0.2) is 0 Å². The monoisotopic (exact) mass is 295 g/mol. The largest absolute Gasteiger partial charge is 0.353 e. The van der Waals surface area contributed by atoms with Gasteiger partial charge in [-0.3, -0.25) is 9.69 Å². The third-order valence-corrected chi connectivity index (χ3v) is 4.88. The third kappa shape index (κ3) is 4.58. The molecule has 1 aliphatic rings. The van der Waals surface area contributed by atoms with Crippen molar-refractivity contribution in [2.24, 2.45) is 5.73 Å². The molecule has 112 valence electrons. The van der Waals surface area contributed by atoms with Gasteiger partial charge in [0.1, 0.15) is 0 Å². The SMILES string of the molecule is CC(Cc1cccs1)N(C)C(CN)CC(=O)NC1CC1. The molecule has 0 spiro atoms. The topological polar surface area (TPSA) is 58.4 Å². The molecule has 0 aromatic carbocycles. The number of carbonyl (C=O) groups excluding carboxylic acids is 1. The minimum absolute atomic E-state index is 0.115. The van der Waals surface area contributed by atoms with Gasteiger partial charge in [-0.1, -0.05) is 6.07 Å². The van der Waals surface area contributed by atoms with Crippen molar-refractivity contribution in [1.82, 2.24) is 10.2 Å². The second-order valence-electron chi connectivity index (χ2n) is 5.73. The average Bonchev–Trinajstić information content (AvgIpc) is 3.08. The summed E-state index contributed by atoms with van der Waals surface area (Å²) in [6.45, 7) is 2.71. The lowest BCUT2D eigenvalue weighted by Crippen LogP contribution is -2.46. The first-order valence-corrected chi connectivity index (χ1v) is 8.22. The molecule has 0 aliphatic heterocycles. The summed E-state index contributed by atoms with van der Waals surface area (Å²) < 4.78 is 0. The van der Waals surface area contributed by atoms with E-state index in [2.05, 4.69) is 41.7 Å². The lowest BCUT2D eigenvalue weighted by molar-refractivity contribution is -0.122. The van der Waals surface area contributed by atoms with Crippen molar-refractivity contribution >= 4 is 17.2 Å². The lowest BCUT2D eigenvalue weighted by atomic mass is 10.1. The number of rotatable bonds is 8. The number of carbonyl (C=O) groups is 1. The Labute approximate surface area is 125 Å². The molecule has 1 aromatic heterocycles. The molecule has 20 heavy (non-hydrogen) atoms. The molecule has 1 aliphatic carbocycles. The standard InChI is InChI=1S/C15H25N3OS/c1-11(8-14-4-3-7-20-14)18(2)13(10-16)9-15(19)17-12-5-6-12/h3-4,7,11-13H,5-6,8-10,16H2,1-2H3,(H,17,19). The molecule has 0 saturated heterocycles. The van der Waals surface area contributed by atoms with Crippen molar-refractivity contribution in [1.29, 1.82) is 0 Å². The van der Waals surface area contributed by atoms with E-state index in [1.165, 1.54) is 4.88 Å². The minimum atomic E-state index is 0.115. The highest BCUT2D eigenvalue weighted by Crippen LogP contribution is 2.19. The Bertz CT molecular complexity index is 417. The molecule has 1 amide bonds. The van der Waals surface area contributed by atoms with Crippen LogP contribution in [0.4, 0.5) is 0 Å². The van der Waals surface area contributed by atoms with Gasteiger partial charge in [0.2, 0.25) is 5.91 Å². The first-order chi connectivity index (χ1) is 9.60. The molecule has 2 rings (SSSR count). The van der Waals surface area contributed by atoms with Crippen LogP contribution in [0.2, 0.25) is 0 Å². The van der Waals surface area contributed by atoms with Crippen LogP contribution >= 0.6 is 11.3 Å². The van der Waals surface area contributed by atoms with Crippen LogP contribution in [0.3, 0.4) is 0 Å². The highest BCUT2D eigenvalue weighted by atomic mass is 32.1. The average molecular weight is 295 g/mol. The number of nitrogens with zero attached hydrogens (tertiary/aromatic N) is 1. The molecule has 0 bridgehead atoms. The Morgan fingerprint density at radius 2 is 2.35 bits per heavy atom. The van der Waals surface area contributed by atoms with Crippen LogP contribution in [0.1, 0.15) is 31.1 Å². The maximum absolute atomic E-state index is 11.9. The van der Waals surface area contributed by atoms with E-state index in [4.69, 9.17) is 5.73 Å². The predicted molar refractivity (Wildman–Crippen MR) is 83.9 cm³/mol. The quantitative estimate of drug-likeness (QED) is 0.766. The van der Waals surface area contributed by atoms with Crippen molar-refractivity contribution in [3.05, 3.63) is 22.4 Å². The molecule has 0 radical (unpaired) electrons. The molecule has 2 unspecified atom stereocenters. The molecular weight excluding hydrogens is 270 g/mol. The Morgan fingerprint density at radius 3 is 2.90 bits per heavy atom. The van der Waals surface area contributed by atoms with Gasteiger partial charge in [0.25, 0.3) is 0 Å². The van der Waals surface area contributed by atoms with Gasteiger partial charge in [0.05, 0.1) is 0 Å². The highest BCUT2D eigenvalue weighted by molar-refractivity contribution is 7.09. The second-order valence-corrected chi connectivity index (χ2v) is 6.77. The Balaban J connectivity index is 1.82. The molecule has 1 heterocycles. The summed E-state index contributed by atoms with van der Waals surface area (Å²) in [5.74, 6) is 0.137. The minimum Gasteiger partial charge on any atom is -0.353 e. The second kappa shape index (κ2) is 7.20.